The van der Waals surface area contributed by atoms with Crippen LogP contribution in [-0.4, -0.2) is 25.2 Å². The van der Waals surface area contributed by atoms with E-state index in [-0.39, 0.29) is 21.7 Å². The van der Waals surface area contributed by atoms with E-state index in [2.05, 4.69) is 10.4 Å². The molecule has 2 aromatic carbocycles. The zero-order chi connectivity index (χ0) is 18.9. The number of rotatable bonds is 5. The number of sulfonamides is 1. The van der Waals surface area contributed by atoms with Gasteiger partial charge >= 0.3 is 0 Å². The molecule has 0 aliphatic carbocycles. The van der Waals surface area contributed by atoms with Crippen LogP contribution in [0.5, 0.6) is 0 Å². The van der Waals surface area contributed by atoms with Crippen molar-refractivity contribution >= 4 is 44.3 Å². The Balaban J connectivity index is 1.99. The molecule has 0 spiro atoms. The summed E-state index contributed by atoms with van der Waals surface area (Å²) in [6.07, 6.45) is 0. The summed E-state index contributed by atoms with van der Waals surface area (Å²) in [5.41, 5.74) is 7.67. The highest BCUT2D eigenvalue weighted by Crippen LogP contribution is 2.29. The van der Waals surface area contributed by atoms with E-state index in [0.29, 0.717) is 5.52 Å². The second-order valence-electron chi connectivity index (χ2n) is 5.31. The van der Waals surface area contributed by atoms with Crippen molar-refractivity contribution in [3.63, 3.8) is 0 Å². The molecule has 0 atom stereocenters. The normalized spacial score (nSPS) is 11.4. The predicted molar refractivity (Wildman–Crippen MR) is 96.1 cm³/mol. The number of H-pyrrole nitrogens is 1. The van der Waals surface area contributed by atoms with E-state index in [1.165, 1.54) is 30.3 Å². The van der Waals surface area contributed by atoms with Crippen LogP contribution < -0.4 is 16.0 Å². The number of fused-ring (bicyclic) bond motifs is 1. The number of primary amides is 1. The average Bonchev–Trinajstić information content (AvgIpc) is 3.00. The van der Waals surface area contributed by atoms with Crippen molar-refractivity contribution < 1.29 is 18.0 Å². The van der Waals surface area contributed by atoms with Gasteiger partial charge in [0.05, 0.1) is 0 Å². The molecule has 134 valence electrons. The average molecular weight is 393 g/mol. The van der Waals surface area contributed by atoms with Gasteiger partial charge in [0.25, 0.3) is 21.8 Å². The lowest BCUT2D eigenvalue weighted by molar-refractivity contribution is 0.0944. The maximum atomic E-state index is 12.7. The van der Waals surface area contributed by atoms with E-state index in [1.807, 2.05) is 4.83 Å². The zero-order valence-corrected chi connectivity index (χ0v) is 14.7. The highest BCUT2D eigenvalue weighted by atomic mass is 35.5. The van der Waals surface area contributed by atoms with Crippen LogP contribution in [-0.2, 0) is 10.0 Å². The molecule has 10 heteroatoms. The van der Waals surface area contributed by atoms with Crippen LogP contribution in [0.1, 0.15) is 20.8 Å². The maximum Gasteiger partial charge on any atom is 0.266 e. The van der Waals surface area contributed by atoms with Crippen LogP contribution in [0.2, 0.25) is 5.02 Å². The van der Waals surface area contributed by atoms with Crippen molar-refractivity contribution in [2.75, 3.05) is 0 Å². The fraction of sp³-hybridized carbons (Fsp3) is 0. The van der Waals surface area contributed by atoms with E-state index in [9.17, 15) is 18.0 Å². The predicted octanol–water partition coefficient (Wildman–Crippen LogP) is 1.54. The summed E-state index contributed by atoms with van der Waals surface area (Å²) in [6, 6.07) is 12.5. The Morgan fingerprint density at radius 1 is 1.08 bits per heavy atom. The Bertz CT molecular complexity index is 1110. The minimum atomic E-state index is -4.31. The van der Waals surface area contributed by atoms with Crippen LogP contribution in [0.4, 0.5) is 0 Å². The van der Waals surface area contributed by atoms with Gasteiger partial charge in [-0.15, -0.1) is 4.83 Å². The van der Waals surface area contributed by atoms with Crippen molar-refractivity contribution in [1.29, 1.82) is 0 Å². The molecular formula is C16H13ClN4O4S. The quantitative estimate of drug-likeness (QED) is 0.490. The number of halogens is 1. The maximum absolute atomic E-state index is 12.7. The lowest BCUT2D eigenvalue weighted by atomic mass is 10.2. The Kier molecular flexibility index (Phi) is 4.68. The molecule has 0 radical (unpaired) electrons. The fourth-order valence-electron chi connectivity index (χ4n) is 2.42. The zero-order valence-electron chi connectivity index (χ0n) is 13.1. The molecule has 0 fully saturated rings. The molecule has 1 heterocycles. The van der Waals surface area contributed by atoms with Crippen LogP contribution in [0.3, 0.4) is 0 Å². The van der Waals surface area contributed by atoms with Crippen LogP contribution in [0.25, 0.3) is 10.9 Å². The fourth-order valence-corrected chi connectivity index (χ4v) is 3.80. The summed E-state index contributed by atoms with van der Waals surface area (Å²) in [5, 5.41) is 0.449. The lowest BCUT2D eigenvalue weighted by Crippen LogP contribution is -2.42. The molecule has 1 aromatic heterocycles. The summed E-state index contributed by atoms with van der Waals surface area (Å²) >= 11 is 5.92. The Hall–Kier alpha value is -2.88. The number of amides is 2. The molecule has 0 aliphatic rings. The van der Waals surface area contributed by atoms with Gasteiger partial charge in [0.1, 0.15) is 10.6 Å². The number of hydrogen-bond acceptors (Lipinski definition) is 4. The molecule has 5 N–H and O–H groups in total. The van der Waals surface area contributed by atoms with Crippen LogP contribution in [0.15, 0.2) is 53.4 Å². The second-order valence-corrected chi connectivity index (χ2v) is 7.36. The van der Waals surface area contributed by atoms with Crippen molar-refractivity contribution in [2.45, 2.75) is 4.90 Å². The number of carbonyl (C=O) groups is 2. The number of hydrogen-bond donors (Lipinski definition) is 4. The largest absolute Gasteiger partial charge is 0.364 e. The highest BCUT2D eigenvalue weighted by molar-refractivity contribution is 7.89. The van der Waals surface area contributed by atoms with E-state index in [0.717, 1.165) is 0 Å². The van der Waals surface area contributed by atoms with Gasteiger partial charge in [0.2, 0.25) is 0 Å². The van der Waals surface area contributed by atoms with Gasteiger partial charge in [-0.3, -0.25) is 15.0 Å². The molecule has 26 heavy (non-hydrogen) atoms. The molecule has 0 saturated heterocycles. The number of nitrogens with two attached hydrogens (primary N) is 1. The number of hydrazine groups is 1. The first-order valence-electron chi connectivity index (χ1n) is 7.28. The molecule has 0 unspecified atom stereocenters. The van der Waals surface area contributed by atoms with E-state index < -0.39 is 26.7 Å². The molecule has 0 aliphatic heterocycles. The van der Waals surface area contributed by atoms with Crippen molar-refractivity contribution in [3.05, 3.63) is 64.8 Å². The SMILES string of the molecule is NC(=O)c1[nH]c2ccc(Cl)cc2c1S(=O)(=O)NNC(=O)c1ccccc1. The summed E-state index contributed by atoms with van der Waals surface area (Å²) < 4.78 is 25.4. The highest BCUT2D eigenvalue weighted by Gasteiger charge is 2.27. The van der Waals surface area contributed by atoms with Gasteiger partial charge < -0.3 is 10.7 Å². The first-order chi connectivity index (χ1) is 12.3. The van der Waals surface area contributed by atoms with Crippen molar-refractivity contribution in [1.82, 2.24) is 15.2 Å². The molecule has 3 aromatic rings. The smallest absolute Gasteiger partial charge is 0.266 e. The first kappa shape index (κ1) is 17.9. The van der Waals surface area contributed by atoms with Gasteiger partial charge in [-0.05, 0) is 30.3 Å². The summed E-state index contributed by atoms with van der Waals surface area (Å²) in [6.45, 7) is 0. The third-order valence-corrected chi connectivity index (χ3v) is 5.13. The van der Waals surface area contributed by atoms with Gasteiger partial charge in [-0.2, -0.15) is 0 Å². The minimum absolute atomic E-state index is 0.174. The summed E-state index contributed by atoms with van der Waals surface area (Å²) in [7, 11) is -4.31. The summed E-state index contributed by atoms with van der Waals surface area (Å²) in [5.74, 6) is -1.63. The topological polar surface area (TPSA) is 134 Å². The lowest BCUT2D eigenvalue weighted by Gasteiger charge is -2.09. The number of aromatic amines is 1. The third kappa shape index (κ3) is 3.40. The van der Waals surface area contributed by atoms with E-state index in [4.69, 9.17) is 17.3 Å². The molecule has 3 rings (SSSR count). The van der Waals surface area contributed by atoms with Gasteiger partial charge in [0, 0.05) is 21.5 Å². The van der Waals surface area contributed by atoms with Crippen molar-refractivity contribution in [2.24, 2.45) is 5.73 Å². The molecular weight excluding hydrogens is 380 g/mol. The number of benzene rings is 2. The molecule has 2 amide bonds. The Morgan fingerprint density at radius 2 is 1.77 bits per heavy atom. The van der Waals surface area contributed by atoms with E-state index >= 15 is 0 Å². The van der Waals surface area contributed by atoms with E-state index in [1.54, 1.807) is 18.2 Å². The van der Waals surface area contributed by atoms with Gasteiger partial charge in [0.15, 0.2) is 0 Å². The van der Waals surface area contributed by atoms with Gasteiger partial charge in [-0.1, -0.05) is 29.8 Å². The third-order valence-electron chi connectivity index (χ3n) is 3.56. The van der Waals surface area contributed by atoms with Gasteiger partial charge in [-0.25, -0.2) is 8.42 Å². The summed E-state index contributed by atoms with van der Waals surface area (Å²) in [4.78, 5) is 27.9. The number of aromatic nitrogens is 1. The Labute approximate surface area is 153 Å². The second kappa shape index (κ2) is 6.79. The number of carbonyl (C=O) groups excluding carboxylic acids is 2. The Morgan fingerprint density at radius 3 is 2.42 bits per heavy atom. The number of nitrogens with one attached hydrogen (secondary N) is 3. The molecule has 0 bridgehead atoms. The molecule has 8 nitrogen and oxygen atoms in total. The minimum Gasteiger partial charge on any atom is -0.364 e. The van der Waals surface area contributed by atoms with Crippen molar-refractivity contribution in [3.8, 4) is 0 Å². The standard InChI is InChI=1S/C16H13ClN4O4S/c17-10-6-7-12-11(8-10)14(13(19-12)15(18)22)26(24,25)21-20-16(23)9-4-2-1-3-5-9/h1-8,19,21H,(H2,18,22)(H,20,23). The van der Waals surface area contributed by atoms with Crippen LogP contribution in [0, 0.1) is 0 Å². The first-order valence-corrected chi connectivity index (χ1v) is 9.14. The molecule has 0 saturated carbocycles. The monoisotopic (exact) mass is 392 g/mol. The van der Waals surface area contributed by atoms with Crippen LogP contribution >= 0.6 is 11.6 Å².